The van der Waals surface area contributed by atoms with Crippen LogP contribution in [0.1, 0.15) is 26.5 Å². The van der Waals surface area contributed by atoms with Crippen LogP contribution in [0, 0.1) is 5.92 Å². The van der Waals surface area contributed by atoms with Gasteiger partial charge in [-0.2, -0.15) is 4.98 Å². The Bertz CT molecular complexity index is 892. The number of nitrogens with zero attached hydrogens (tertiary/aromatic N) is 2. The van der Waals surface area contributed by atoms with Crippen molar-refractivity contribution in [3.05, 3.63) is 22.7 Å². The Kier molecular flexibility index (Phi) is 10.3. The number of esters is 1. The molecule has 1 aromatic rings. The van der Waals surface area contributed by atoms with Gasteiger partial charge in [-0.05, 0) is 12.0 Å². The second-order valence-corrected chi connectivity index (χ2v) is 7.53. The predicted molar refractivity (Wildman–Crippen MR) is 110 cm³/mol. The Morgan fingerprint density at radius 1 is 1.21 bits per heavy atom. The molecule has 0 aromatic carbocycles. The molecule has 0 saturated carbocycles. The average molecular weight is 475 g/mol. The minimum atomic E-state index is -1.39. The van der Waals surface area contributed by atoms with E-state index in [1.165, 1.54) is 12.3 Å². The SMILES string of the molecule is CC(C)[C@H](N)C(=O)OC[C@H]1O[C@@H](n2ccc(N)nc2=O)[C@@H](O)[C@@H]1O.N[C@H](CC(=O)O)C(=O)O. The lowest BCUT2D eigenvalue weighted by molar-refractivity contribution is -0.152. The largest absolute Gasteiger partial charge is 0.481 e. The number of rotatable bonds is 8. The number of nitrogen functional groups attached to an aromatic ring is 1. The molecule has 2 heterocycles. The zero-order valence-electron chi connectivity index (χ0n) is 18.0. The first-order valence-electron chi connectivity index (χ1n) is 9.74. The molecule has 1 aliphatic heterocycles. The summed E-state index contributed by atoms with van der Waals surface area (Å²) in [4.78, 5) is 46.7. The van der Waals surface area contributed by atoms with Crippen molar-refractivity contribution >= 4 is 23.7 Å². The molecule has 15 heteroatoms. The van der Waals surface area contributed by atoms with E-state index in [9.17, 15) is 29.4 Å². The zero-order chi connectivity index (χ0) is 25.5. The number of aliphatic carboxylic acids is 2. The van der Waals surface area contributed by atoms with Crippen molar-refractivity contribution in [3.8, 4) is 0 Å². The van der Waals surface area contributed by atoms with Gasteiger partial charge in [0, 0.05) is 6.20 Å². The molecule has 0 unspecified atom stereocenters. The van der Waals surface area contributed by atoms with Crippen LogP contribution in [0.5, 0.6) is 0 Å². The van der Waals surface area contributed by atoms with Crippen LogP contribution in [0.15, 0.2) is 17.1 Å². The number of aliphatic hydroxyl groups is 2. The summed E-state index contributed by atoms with van der Waals surface area (Å²) in [7, 11) is 0. The quantitative estimate of drug-likeness (QED) is 0.183. The number of hydrogen-bond donors (Lipinski definition) is 7. The molecule has 6 atom stereocenters. The van der Waals surface area contributed by atoms with Crippen molar-refractivity contribution in [2.24, 2.45) is 17.4 Å². The van der Waals surface area contributed by atoms with E-state index >= 15 is 0 Å². The van der Waals surface area contributed by atoms with E-state index in [-0.39, 0.29) is 18.3 Å². The van der Waals surface area contributed by atoms with Crippen LogP contribution in [0.2, 0.25) is 0 Å². The molecule has 0 aliphatic carbocycles. The maximum atomic E-state index is 11.8. The first-order valence-corrected chi connectivity index (χ1v) is 9.74. The molecule has 1 aliphatic rings. The molecule has 0 radical (unpaired) electrons. The van der Waals surface area contributed by atoms with Crippen LogP contribution in [0.3, 0.4) is 0 Å². The predicted octanol–water partition coefficient (Wildman–Crippen LogP) is -3.16. The molecule has 2 rings (SSSR count). The van der Waals surface area contributed by atoms with Gasteiger partial charge in [0.25, 0.3) is 0 Å². The second-order valence-electron chi connectivity index (χ2n) is 7.53. The van der Waals surface area contributed by atoms with Crippen LogP contribution >= 0.6 is 0 Å². The molecule has 0 spiro atoms. The van der Waals surface area contributed by atoms with Gasteiger partial charge in [0.1, 0.15) is 42.8 Å². The van der Waals surface area contributed by atoms with Crippen molar-refractivity contribution in [2.75, 3.05) is 12.3 Å². The van der Waals surface area contributed by atoms with Crippen LogP contribution in [-0.4, -0.2) is 84.9 Å². The summed E-state index contributed by atoms with van der Waals surface area (Å²) in [6.07, 6.45) is -4.14. The van der Waals surface area contributed by atoms with E-state index in [0.29, 0.717) is 0 Å². The Labute approximate surface area is 187 Å². The van der Waals surface area contributed by atoms with Crippen molar-refractivity contribution in [2.45, 2.75) is 56.9 Å². The summed E-state index contributed by atoms with van der Waals surface area (Å²) in [5.74, 6) is -3.21. The minimum Gasteiger partial charge on any atom is -0.481 e. The second kappa shape index (κ2) is 12.2. The zero-order valence-corrected chi connectivity index (χ0v) is 18.0. The van der Waals surface area contributed by atoms with E-state index in [1.807, 2.05) is 0 Å². The fourth-order valence-electron chi connectivity index (χ4n) is 2.52. The van der Waals surface area contributed by atoms with Crippen LogP contribution in [0.4, 0.5) is 5.82 Å². The van der Waals surface area contributed by atoms with Crippen LogP contribution in [-0.2, 0) is 23.9 Å². The summed E-state index contributed by atoms with van der Waals surface area (Å²) in [5, 5.41) is 36.1. The van der Waals surface area contributed by atoms with E-state index in [4.69, 9.17) is 36.9 Å². The normalized spacial score (nSPS) is 23.8. The van der Waals surface area contributed by atoms with E-state index < -0.39 is 66.6 Å². The van der Waals surface area contributed by atoms with Gasteiger partial charge in [0.05, 0.1) is 6.42 Å². The minimum absolute atomic E-state index is 0.0254. The first-order chi connectivity index (χ1) is 15.3. The van der Waals surface area contributed by atoms with Gasteiger partial charge >= 0.3 is 23.6 Å². The lowest BCUT2D eigenvalue weighted by Crippen LogP contribution is -2.40. The Balaban J connectivity index is 0.000000513. The number of hydrogen-bond acceptors (Lipinski definition) is 12. The Morgan fingerprint density at radius 3 is 2.27 bits per heavy atom. The standard InChI is InChI=1S/C14H22N4O6.C4H7NO4/c1-6(2)9(16)13(21)23-5-7-10(19)11(20)12(24-7)18-4-3-8(15)17-14(18)22;5-2(4(8)9)1-3(6)7/h3-4,6-7,9-12,19-20H,5,16H2,1-2H3,(H2,15,17,22);2H,1,5H2,(H,6,7)(H,8,9)/t7-,9+,10-,11+,12-;2-/m11/s1. The summed E-state index contributed by atoms with van der Waals surface area (Å²) < 4.78 is 11.5. The molecule has 15 nitrogen and oxygen atoms in total. The fourth-order valence-corrected chi connectivity index (χ4v) is 2.52. The molecule has 1 aromatic heterocycles. The molecule has 1 saturated heterocycles. The summed E-state index contributed by atoms with van der Waals surface area (Å²) in [6.45, 7) is 3.24. The number of ether oxygens (including phenoxy) is 2. The Morgan fingerprint density at radius 2 is 1.82 bits per heavy atom. The van der Waals surface area contributed by atoms with Gasteiger partial charge in [-0.3, -0.25) is 19.0 Å². The highest BCUT2D eigenvalue weighted by atomic mass is 16.6. The molecule has 0 bridgehead atoms. The molecule has 33 heavy (non-hydrogen) atoms. The van der Waals surface area contributed by atoms with Gasteiger partial charge < -0.3 is 47.1 Å². The van der Waals surface area contributed by atoms with E-state index in [1.54, 1.807) is 13.8 Å². The van der Waals surface area contributed by atoms with Gasteiger partial charge in [-0.15, -0.1) is 0 Å². The lowest BCUT2D eigenvalue weighted by Gasteiger charge is -2.18. The number of nitrogens with two attached hydrogens (primary N) is 3. The fraction of sp³-hybridized carbons (Fsp3) is 0.611. The highest BCUT2D eigenvalue weighted by Crippen LogP contribution is 2.28. The molecule has 186 valence electrons. The van der Waals surface area contributed by atoms with Gasteiger partial charge in [0.2, 0.25) is 0 Å². The van der Waals surface area contributed by atoms with Gasteiger partial charge in [-0.1, -0.05) is 13.8 Å². The molecule has 0 amide bonds. The first kappa shape index (κ1) is 27.9. The van der Waals surface area contributed by atoms with E-state index in [0.717, 1.165) is 4.57 Å². The van der Waals surface area contributed by atoms with Crippen molar-refractivity contribution in [1.29, 1.82) is 0 Å². The molecule has 10 N–H and O–H groups in total. The lowest BCUT2D eigenvalue weighted by atomic mass is 10.1. The number of carbonyl (C=O) groups is 3. The third-order valence-electron chi connectivity index (χ3n) is 4.55. The van der Waals surface area contributed by atoms with Crippen molar-refractivity contribution < 1.29 is 44.3 Å². The number of aromatic nitrogens is 2. The van der Waals surface area contributed by atoms with Crippen LogP contribution in [0.25, 0.3) is 0 Å². The van der Waals surface area contributed by atoms with Crippen molar-refractivity contribution in [3.63, 3.8) is 0 Å². The van der Waals surface area contributed by atoms with Gasteiger partial charge in [-0.25, -0.2) is 4.79 Å². The topological polar surface area (TPSA) is 264 Å². The smallest absolute Gasteiger partial charge is 0.351 e. The highest BCUT2D eigenvalue weighted by molar-refractivity contribution is 5.80. The number of anilines is 1. The maximum Gasteiger partial charge on any atom is 0.351 e. The number of carboxylic acid groups (broad SMARTS) is 2. The Hall–Kier alpha value is -3.11. The molecular weight excluding hydrogens is 446 g/mol. The average Bonchev–Trinajstić information content (AvgIpc) is 2.99. The molecular formula is C18H29N5O10. The maximum absolute atomic E-state index is 11.8. The number of aliphatic hydroxyl groups excluding tert-OH is 2. The van der Waals surface area contributed by atoms with Gasteiger partial charge in [0.15, 0.2) is 6.23 Å². The monoisotopic (exact) mass is 475 g/mol. The third-order valence-corrected chi connectivity index (χ3v) is 4.55. The number of carboxylic acids is 2. The highest BCUT2D eigenvalue weighted by Gasteiger charge is 2.44. The summed E-state index contributed by atoms with van der Waals surface area (Å²) >= 11 is 0. The third kappa shape index (κ3) is 8.07. The van der Waals surface area contributed by atoms with Crippen molar-refractivity contribution in [1.82, 2.24) is 9.55 Å². The summed E-state index contributed by atoms with van der Waals surface area (Å²) in [5.41, 5.74) is 15.2. The summed E-state index contributed by atoms with van der Waals surface area (Å²) in [6, 6.07) is -0.727. The van der Waals surface area contributed by atoms with Crippen LogP contribution < -0.4 is 22.9 Å². The molecule has 1 fully saturated rings. The van der Waals surface area contributed by atoms with E-state index in [2.05, 4.69) is 4.98 Å². The number of carbonyl (C=O) groups excluding carboxylic acids is 1.